The standard InChI is InChI=1S/C15H13N3O2/c19-13-8-6-12(7-9-13)14-17-18-15(20-14)16-10-11-4-2-1-3-5-11/h1-9,19H,10H2,(H,16,18). The van der Waals surface area contributed by atoms with Crippen LogP contribution in [-0.2, 0) is 6.54 Å². The summed E-state index contributed by atoms with van der Waals surface area (Å²) in [6.45, 7) is 0.623. The van der Waals surface area contributed by atoms with Crippen molar-refractivity contribution in [3.63, 3.8) is 0 Å². The molecule has 0 amide bonds. The monoisotopic (exact) mass is 267 g/mol. The molecule has 1 heterocycles. The molecule has 3 rings (SSSR count). The molecule has 5 heteroatoms. The molecule has 0 saturated carbocycles. The van der Waals surface area contributed by atoms with Crippen LogP contribution in [0.15, 0.2) is 59.0 Å². The summed E-state index contributed by atoms with van der Waals surface area (Å²) in [5, 5.41) is 20.2. The molecule has 0 bridgehead atoms. The Labute approximate surface area is 115 Å². The lowest BCUT2D eigenvalue weighted by Gasteiger charge is -2.00. The Morgan fingerprint density at radius 2 is 1.70 bits per heavy atom. The van der Waals surface area contributed by atoms with Gasteiger partial charge in [-0.3, -0.25) is 0 Å². The van der Waals surface area contributed by atoms with Gasteiger partial charge in [-0.25, -0.2) is 0 Å². The Bertz CT molecular complexity index is 678. The van der Waals surface area contributed by atoms with Gasteiger partial charge in [-0.1, -0.05) is 35.4 Å². The highest BCUT2D eigenvalue weighted by Crippen LogP contribution is 2.22. The smallest absolute Gasteiger partial charge is 0.316 e. The van der Waals surface area contributed by atoms with Gasteiger partial charge in [-0.05, 0) is 29.8 Å². The summed E-state index contributed by atoms with van der Waals surface area (Å²) in [6, 6.07) is 16.9. The fourth-order valence-corrected chi connectivity index (χ4v) is 1.79. The summed E-state index contributed by atoms with van der Waals surface area (Å²) < 4.78 is 5.52. The van der Waals surface area contributed by atoms with Crippen molar-refractivity contribution in [1.82, 2.24) is 10.2 Å². The molecule has 20 heavy (non-hydrogen) atoms. The molecule has 0 aliphatic heterocycles. The van der Waals surface area contributed by atoms with Gasteiger partial charge in [0, 0.05) is 12.1 Å². The maximum atomic E-state index is 9.24. The first kappa shape index (κ1) is 12.2. The molecule has 2 aromatic carbocycles. The summed E-state index contributed by atoms with van der Waals surface area (Å²) in [5.74, 6) is 0.622. The molecule has 0 aliphatic rings. The highest BCUT2D eigenvalue weighted by molar-refractivity contribution is 5.54. The summed E-state index contributed by atoms with van der Waals surface area (Å²) in [5.41, 5.74) is 1.90. The van der Waals surface area contributed by atoms with E-state index >= 15 is 0 Å². The largest absolute Gasteiger partial charge is 0.508 e. The molecule has 0 aliphatic carbocycles. The first-order valence-corrected chi connectivity index (χ1v) is 6.22. The van der Waals surface area contributed by atoms with E-state index in [-0.39, 0.29) is 5.75 Å². The van der Waals surface area contributed by atoms with E-state index < -0.39 is 0 Å². The second kappa shape index (κ2) is 5.44. The number of aromatic hydroxyl groups is 1. The predicted octanol–water partition coefficient (Wildman–Crippen LogP) is 3.05. The number of phenolic OH excluding ortho intramolecular Hbond substituents is 1. The van der Waals surface area contributed by atoms with Crippen LogP contribution in [0, 0.1) is 0 Å². The fourth-order valence-electron chi connectivity index (χ4n) is 1.79. The number of rotatable bonds is 4. The van der Waals surface area contributed by atoms with Crippen LogP contribution in [0.2, 0.25) is 0 Å². The minimum atomic E-state index is 0.204. The number of aromatic nitrogens is 2. The second-order valence-electron chi connectivity index (χ2n) is 4.30. The summed E-state index contributed by atoms with van der Waals surface area (Å²) >= 11 is 0. The van der Waals surface area contributed by atoms with Gasteiger partial charge < -0.3 is 14.8 Å². The van der Waals surface area contributed by atoms with Crippen molar-refractivity contribution < 1.29 is 9.52 Å². The Hall–Kier alpha value is -2.82. The topological polar surface area (TPSA) is 71.2 Å². The zero-order valence-electron chi connectivity index (χ0n) is 10.7. The number of phenols is 1. The third-order valence-corrected chi connectivity index (χ3v) is 2.83. The predicted molar refractivity (Wildman–Crippen MR) is 75.2 cm³/mol. The second-order valence-corrected chi connectivity index (χ2v) is 4.30. The van der Waals surface area contributed by atoms with Crippen LogP contribution >= 0.6 is 0 Å². The summed E-state index contributed by atoms with van der Waals surface area (Å²) in [7, 11) is 0. The molecule has 0 atom stereocenters. The minimum absolute atomic E-state index is 0.204. The molecule has 0 radical (unpaired) electrons. The van der Waals surface area contributed by atoms with Crippen LogP contribution < -0.4 is 5.32 Å². The van der Waals surface area contributed by atoms with Crippen LogP contribution in [0.3, 0.4) is 0 Å². The maximum absolute atomic E-state index is 9.24. The average Bonchev–Trinajstić information content (AvgIpc) is 2.96. The van der Waals surface area contributed by atoms with Crippen LogP contribution in [0.25, 0.3) is 11.5 Å². The molecular formula is C15H13N3O2. The van der Waals surface area contributed by atoms with E-state index in [0.717, 1.165) is 11.1 Å². The number of benzene rings is 2. The molecule has 5 nitrogen and oxygen atoms in total. The van der Waals surface area contributed by atoms with Crippen molar-refractivity contribution in [3.05, 3.63) is 60.2 Å². The van der Waals surface area contributed by atoms with Gasteiger partial charge in [0.15, 0.2) is 0 Å². The van der Waals surface area contributed by atoms with Crippen LogP contribution in [-0.4, -0.2) is 15.3 Å². The Balaban J connectivity index is 1.69. The number of hydrogen-bond acceptors (Lipinski definition) is 5. The highest BCUT2D eigenvalue weighted by atomic mass is 16.4. The first-order valence-electron chi connectivity index (χ1n) is 6.22. The fraction of sp³-hybridized carbons (Fsp3) is 0.0667. The SMILES string of the molecule is Oc1ccc(-c2nnc(NCc3ccccc3)o2)cc1. The van der Waals surface area contributed by atoms with Crippen molar-refractivity contribution in [2.75, 3.05) is 5.32 Å². The Morgan fingerprint density at radius 3 is 2.45 bits per heavy atom. The Morgan fingerprint density at radius 1 is 0.950 bits per heavy atom. The molecule has 100 valence electrons. The van der Waals surface area contributed by atoms with E-state index in [1.165, 1.54) is 0 Å². The van der Waals surface area contributed by atoms with Gasteiger partial charge in [0.05, 0.1) is 0 Å². The van der Waals surface area contributed by atoms with Crippen molar-refractivity contribution in [3.8, 4) is 17.2 Å². The quantitative estimate of drug-likeness (QED) is 0.760. The van der Waals surface area contributed by atoms with Crippen LogP contribution in [0.4, 0.5) is 6.01 Å². The number of hydrogen-bond donors (Lipinski definition) is 2. The van der Waals surface area contributed by atoms with Gasteiger partial charge in [0.1, 0.15) is 5.75 Å². The molecule has 1 aromatic heterocycles. The average molecular weight is 267 g/mol. The van der Waals surface area contributed by atoms with E-state index in [4.69, 9.17) is 4.42 Å². The van der Waals surface area contributed by atoms with E-state index in [1.807, 2.05) is 30.3 Å². The third kappa shape index (κ3) is 2.77. The van der Waals surface area contributed by atoms with Crippen molar-refractivity contribution in [2.45, 2.75) is 6.54 Å². The zero-order chi connectivity index (χ0) is 13.8. The normalized spacial score (nSPS) is 10.4. The summed E-state index contributed by atoms with van der Waals surface area (Å²) in [4.78, 5) is 0. The van der Waals surface area contributed by atoms with E-state index in [1.54, 1.807) is 24.3 Å². The zero-order valence-corrected chi connectivity index (χ0v) is 10.7. The lowest BCUT2D eigenvalue weighted by Crippen LogP contribution is -1.98. The molecule has 0 unspecified atom stereocenters. The third-order valence-electron chi connectivity index (χ3n) is 2.83. The molecule has 0 spiro atoms. The lowest BCUT2D eigenvalue weighted by atomic mass is 10.2. The number of nitrogens with one attached hydrogen (secondary N) is 1. The van der Waals surface area contributed by atoms with Crippen molar-refractivity contribution >= 4 is 6.01 Å². The van der Waals surface area contributed by atoms with Crippen LogP contribution in [0.1, 0.15) is 5.56 Å². The van der Waals surface area contributed by atoms with Gasteiger partial charge >= 0.3 is 6.01 Å². The number of nitrogens with zero attached hydrogens (tertiary/aromatic N) is 2. The maximum Gasteiger partial charge on any atom is 0.316 e. The Kier molecular flexibility index (Phi) is 3.33. The van der Waals surface area contributed by atoms with Gasteiger partial charge in [-0.15, -0.1) is 5.10 Å². The molecular weight excluding hydrogens is 254 g/mol. The van der Waals surface area contributed by atoms with E-state index in [0.29, 0.717) is 18.5 Å². The van der Waals surface area contributed by atoms with Gasteiger partial charge in [-0.2, -0.15) is 0 Å². The first-order chi connectivity index (χ1) is 9.81. The van der Waals surface area contributed by atoms with Gasteiger partial charge in [0.2, 0.25) is 5.89 Å². The minimum Gasteiger partial charge on any atom is -0.508 e. The summed E-state index contributed by atoms with van der Waals surface area (Å²) in [6.07, 6.45) is 0. The molecule has 0 fully saturated rings. The molecule has 3 aromatic rings. The van der Waals surface area contributed by atoms with Crippen molar-refractivity contribution in [2.24, 2.45) is 0 Å². The van der Waals surface area contributed by atoms with E-state index in [2.05, 4.69) is 15.5 Å². The molecule has 2 N–H and O–H groups in total. The lowest BCUT2D eigenvalue weighted by molar-refractivity contribution is 0.475. The van der Waals surface area contributed by atoms with Crippen LogP contribution in [0.5, 0.6) is 5.75 Å². The number of anilines is 1. The van der Waals surface area contributed by atoms with Crippen molar-refractivity contribution in [1.29, 1.82) is 0 Å². The van der Waals surface area contributed by atoms with Gasteiger partial charge in [0.25, 0.3) is 0 Å². The molecule has 0 saturated heterocycles. The van der Waals surface area contributed by atoms with E-state index in [9.17, 15) is 5.11 Å². The highest BCUT2D eigenvalue weighted by Gasteiger charge is 2.08.